The number of anilines is 1. The number of hydrogen-bond acceptors (Lipinski definition) is 3. The number of carbonyl (C=O) groups excluding carboxylic acids is 1. The summed E-state index contributed by atoms with van der Waals surface area (Å²) in [6.07, 6.45) is 0. The molecule has 0 aromatic heterocycles. The first-order chi connectivity index (χ1) is 11.8. The smallest absolute Gasteiger partial charge is 0.287 e. The standard InChI is InChI=1S/C19H22N2O3/c1-23-17-9-5-8-16(14-17)20-19(22)18(15-6-3-2-4-7-15)21-10-12-24-13-11-21/h2-9,14,18H,10-13H2,1H3,(H,20,22)/p+1/t18-/m0/s1. The predicted molar refractivity (Wildman–Crippen MR) is 92.3 cm³/mol. The first-order valence-corrected chi connectivity index (χ1v) is 8.20. The van der Waals surface area contributed by atoms with Gasteiger partial charge in [0.2, 0.25) is 0 Å². The number of carbonyl (C=O) groups is 1. The number of amides is 1. The van der Waals surface area contributed by atoms with Crippen molar-refractivity contribution < 1.29 is 19.2 Å². The minimum absolute atomic E-state index is 0.00801. The zero-order chi connectivity index (χ0) is 16.8. The fourth-order valence-electron chi connectivity index (χ4n) is 3.06. The molecule has 1 aliphatic heterocycles. The van der Waals surface area contributed by atoms with Crippen LogP contribution >= 0.6 is 0 Å². The van der Waals surface area contributed by atoms with Crippen LogP contribution < -0.4 is 15.0 Å². The molecule has 2 N–H and O–H groups in total. The van der Waals surface area contributed by atoms with Crippen molar-refractivity contribution in [1.29, 1.82) is 0 Å². The Morgan fingerprint density at radius 1 is 1.12 bits per heavy atom. The average Bonchev–Trinajstić information content (AvgIpc) is 2.64. The lowest BCUT2D eigenvalue weighted by Crippen LogP contribution is -3.15. The van der Waals surface area contributed by atoms with Gasteiger partial charge in [-0.1, -0.05) is 36.4 Å². The molecule has 1 amide bonds. The highest BCUT2D eigenvalue weighted by Gasteiger charge is 2.32. The van der Waals surface area contributed by atoms with Crippen molar-refractivity contribution in [3.8, 4) is 5.75 Å². The van der Waals surface area contributed by atoms with E-state index in [2.05, 4.69) is 5.32 Å². The molecule has 1 heterocycles. The van der Waals surface area contributed by atoms with E-state index >= 15 is 0 Å². The number of quaternary nitrogens is 1. The molecular weight excluding hydrogens is 304 g/mol. The van der Waals surface area contributed by atoms with Gasteiger partial charge >= 0.3 is 0 Å². The molecule has 0 spiro atoms. The van der Waals surface area contributed by atoms with Crippen LogP contribution in [0.3, 0.4) is 0 Å². The molecule has 1 fully saturated rings. The first kappa shape index (κ1) is 16.5. The molecule has 1 aliphatic rings. The summed E-state index contributed by atoms with van der Waals surface area (Å²) in [6, 6.07) is 17.1. The average molecular weight is 327 g/mol. The number of rotatable bonds is 5. The van der Waals surface area contributed by atoms with Crippen LogP contribution in [0, 0.1) is 0 Å². The van der Waals surface area contributed by atoms with Crippen molar-refractivity contribution in [1.82, 2.24) is 0 Å². The van der Waals surface area contributed by atoms with Gasteiger partial charge in [-0.15, -0.1) is 0 Å². The van der Waals surface area contributed by atoms with E-state index in [0.29, 0.717) is 13.2 Å². The van der Waals surface area contributed by atoms with Gasteiger partial charge in [-0.2, -0.15) is 0 Å². The highest BCUT2D eigenvalue weighted by Crippen LogP contribution is 2.19. The zero-order valence-electron chi connectivity index (χ0n) is 13.8. The van der Waals surface area contributed by atoms with Gasteiger partial charge in [0.1, 0.15) is 18.8 Å². The molecule has 1 atom stereocenters. The Bertz CT molecular complexity index is 669. The highest BCUT2D eigenvalue weighted by molar-refractivity contribution is 5.94. The molecule has 2 aromatic rings. The van der Waals surface area contributed by atoms with Crippen LogP contribution in [-0.4, -0.2) is 39.3 Å². The number of benzene rings is 2. The lowest BCUT2D eigenvalue weighted by molar-refractivity contribution is -0.929. The molecule has 2 aromatic carbocycles. The van der Waals surface area contributed by atoms with E-state index in [9.17, 15) is 4.79 Å². The van der Waals surface area contributed by atoms with Crippen molar-refractivity contribution in [3.63, 3.8) is 0 Å². The first-order valence-electron chi connectivity index (χ1n) is 8.20. The van der Waals surface area contributed by atoms with Crippen molar-refractivity contribution >= 4 is 11.6 Å². The Labute approximate surface area is 142 Å². The van der Waals surface area contributed by atoms with Gasteiger partial charge in [0.25, 0.3) is 5.91 Å². The van der Waals surface area contributed by atoms with Crippen LogP contribution in [0.5, 0.6) is 5.75 Å². The molecule has 0 unspecified atom stereocenters. The Balaban J connectivity index is 1.82. The van der Waals surface area contributed by atoms with Gasteiger partial charge in [0.05, 0.1) is 20.3 Å². The van der Waals surface area contributed by atoms with E-state index in [1.165, 1.54) is 4.90 Å². The summed E-state index contributed by atoms with van der Waals surface area (Å²) < 4.78 is 10.7. The van der Waals surface area contributed by atoms with Crippen LogP contribution in [0.4, 0.5) is 5.69 Å². The fourth-order valence-corrected chi connectivity index (χ4v) is 3.06. The van der Waals surface area contributed by atoms with Gasteiger partial charge in [0.15, 0.2) is 6.04 Å². The number of hydrogen-bond donors (Lipinski definition) is 2. The summed E-state index contributed by atoms with van der Waals surface area (Å²) in [5.74, 6) is 0.717. The summed E-state index contributed by atoms with van der Waals surface area (Å²) in [4.78, 5) is 14.2. The number of methoxy groups -OCH3 is 1. The predicted octanol–water partition coefficient (Wildman–Crippen LogP) is 1.29. The summed E-state index contributed by atoms with van der Waals surface area (Å²) in [6.45, 7) is 3.02. The maximum absolute atomic E-state index is 13.0. The molecule has 0 aliphatic carbocycles. The Kier molecular flexibility index (Phi) is 5.46. The third-order valence-electron chi connectivity index (χ3n) is 4.28. The Morgan fingerprint density at radius 3 is 2.58 bits per heavy atom. The van der Waals surface area contributed by atoms with Crippen molar-refractivity contribution in [3.05, 3.63) is 60.2 Å². The number of nitrogens with one attached hydrogen (secondary N) is 2. The van der Waals surface area contributed by atoms with Crippen LogP contribution in [0.15, 0.2) is 54.6 Å². The van der Waals surface area contributed by atoms with E-state index < -0.39 is 0 Å². The molecule has 0 radical (unpaired) electrons. The topological polar surface area (TPSA) is 52.0 Å². The fraction of sp³-hybridized carbons (Fsp3) is 0.316. The van der Waals surface area contributed by atoms with Crippen molar-refractivity contribution in [2.24, 2.45) is 0 Å². The summed E-state index contributed by atoms with van der Waals surface area (Å²) in [5.41, 5.74) is 1.77. The summed E-state index contributed by atoms with van der Waals surface area (Å²) in [5, 5.41) is 3.03. The Morgan fingerprint density at radius 2 is 1.88 bits per heavy atom. The van der Waals surface area contributed by atoms with Crippen LogP contribution in [0.2, 0.25) is 0 Å². The van der Waals surface area contributed by atoms with E-state index in [1.807, 2.05) is 54.6 Å². The molecular formula is C19H23N2O3+. The molecule has 5 nitrogen and oxygen atoms in total. The molecule has 24 heavy (non-hydrogen) atoms. The number of morpholine rings is 1. The van der Waals surface area contributed by atoms with Gasteiger partial charge in [-0.05, 0) is 12.1 Å². The van der Waals surface area contributed by atoms with Crippen LogP contribution in [0.1, 0.15) is 11.6 Å². The SMILES string of the molecule is COc1cccc(NC(=O)[C@H](c2ccccc2)[NH+]2CCOCC2)c1. The van der Waals surface area contributed by atoms with E-state index in [-0.39, 0.29) is 11.9 Å². The second-order valence-corrected chi connectivity index (χ2v) is 5.84. The van der Waals surface area contributed by atoms with Gasteiger partial charge in [-0.3, -0.25) is 4.79 Å². The van der Waals surface area contributed by atoms with E-state index in [1.54, 1.807) is 7.11 Å². The maximum Gasteiger partial charge on any atom is 0.287 e. The lowest BCUT2D eigenvalue weighted by atomic mass is 10.0. The largest absolute Gasteiger partial charge is 0.497 e. The van der Waals surface area contributed by atoms with Gasteiger partial charge in [-0.25, -0.2) is 0 Å². The minimum atomic E-state index is -0.249. The van der Waals surface area contributed by atoms with E-state index in [0.717, 1.165) is 30.1 Å². The summed E-state index contributed by atoms with van der Waals surface area (Å²) in [7, 11) is 1.62. The second kappa shape index (κ2) is 7.95. The highest BCUT2D eigenvalue weighted by atomic mass is 16.5. The third-order valence-corrected chi connectivity index (χ3v) is 4.28. The molecule has 5 heteroatoms. The third kappa shape index (κ3) is 3.93. The quantitative estimate of drug-likeness (QED) is 0.870. The van der Waals surface area contributed by atoms with Crippen molar-refractivity contribution in [2.75, 3.05) is 38.7 Å². The second-order valence-electron chi connectivity index (χ2n) is 5.84. The minimum Gasteiger partial charge on any atom is -0.497 e. The monoisotopic (exact) mass is 327 g/mol. The molecule has 0 bridgehead atoms. The van der Waals surface area contributed by atoms with Gasteiger partial charge in [0, 0.05) is 17.3 Å². The maximum atomic E-state index is 13.0. The van der Waals surface area contributed by atoms with Crippen LogP contribution in [-0.2, 0) is 9.53 Å². The van der Waals surface area contributed by atoms with Crippen molar-refractivity contribution in [2.45, 2.75) is 6.04 Å². The van der Waals surface area contributed by atoms with Crippen LogP contribution in [0.25, 0.3) is 0 Å². The Hall–Kier alpha value is -2.37. The molecule has 126 valence electrons. The molecule has 3 rings (SSSR count). The number of ether oxygens (including phenoxy) is 2. The summed E-state index contributed by atoms with van der Waals surface area (Å²) >= 11 is 0. The molecule has 1 saturated heterocycles. The molecule has 0 saturated carbocycles. The van der Waals surface area contributed by atoms with E-state index in [4.69, 9.17) is 9.47 Å². The van der Waals surface area contributed by atoms with Gasteiger partial charge < -0.3 is 19.7 Å². The zero-order valence-corrected chi connectivity index (χ0v) is 13.8. The lowest BCUT2D eigenvalue weighted by Gasteiger charge is -2.30. The normalized spacial score (nSPS) is 16.4.